The third-order valence-corrected chi connectivity index (χ3v) is 3.43. The van der Waals surface area contributed by atoms with Crippen LogP contribution in [0.3, 0.4) is 0 Å². The maximum Gasteiger partial charge on any atom is 0.431 e. The summed E-state index contributed by atoms with van der Waals surface area (Å²) in [5.74, 6) is -1.86. The second-order valence-electron chi connectivity index (χ2n) is 6.61. The maximum atomic E-state index is 13.2. The Morgan fingerprint density at radius 2 is 1.59 bits per heavy atom. The Morgan fingerprint density at radius 3 is 1.95 bits per heavy atom. The first kappa shape index (κ1) is 20.7. The monoisotopic (exact) mass is 326 g/mol. The van der Waals surface area contributed by atoms with E-state index in [2.05, 4.69) is 4.74 Å². The summed E-state index contributed by atoms with van der Waals surface area (Å²) >= 11 is 0. The predicted octanol–water partition coefficient (Wildman–Crippen LogP) is 3.88. The van der Waals surface area contributed by atoms with Crippen molar-refractivity contribution in [3.8, 4) is 0 Å². The summed E-state index contributed by atoms with van der Waals surface area (Å²) in [6.07, 6.45) is -4.56. The molecule has 0 aromatic heterocycles. The van der Waals surface area contributed by atoms with Crippen molar-refractivity contribution in [1.82, 2.24) is 0 Å². The zero-order valence-corrected chi connectivity index (χ0v) is 14.0. The summed E-state index contributed by atoms with van der Waals surface area (Å²) in [7, 11) is 0. The number of carbonyl (C=O) groups excluding carboxylic acids is 2. The van der Waals surface area contributed by atoms with Crippen LogP contribution in [0.4, 0.5) is 13.2 Å². The van der Waals surface area contributed by atoms with Gasteiger partial charge in [-0.25, -0.2) is 0 Å². The molecular formula is C15H25F3O4. The molecular weight excluding hydrogens is 301 g/mol. The Kier molecular flexibility index (Phi) is 6.91. The SMILES string of the molecule is CCC(C)(C)C(=O)OCC(C)(OC(=O)CC(C)C)C(F)(F)F. The van der Waals surface area contributed by atoms with Crippen LogP contribution in [0.25, 0.3) is 0 Å². The summed E-state index contributed by atoms with van der Waals surface area (Å²) in [4.78, 5) is 23.4. The Labute approximate surface area is 129 Å². The van der Waals surface area contributed by atoms with Gasteiger partial charge in [0.15, 0.2) is 0 Å². The molecule has 0 heterocycles. The number of esters is 2. The van der Waals surface area contributed by atoms with E-state index in [1.807, 2.05) is 0 Å². The average Bonchev–Trinajstić information content (AvgIpc) is 2.33. The molecule has 0 saturated carbocycles. The minimum absolute atomic E-state index is 0.133. The van der Waals surface area contributed by atoms with Crippen LogP contribution in [0.15, 0.2) is 0 Å². The molecule has 7 heteroatoms. The minimum atomic E-state index is -4.84. The van der Waals surface area contributed by atoms with Crippen molar-refractivity contribution in [3.63, 3.8) is 0 Å². The normalized spacial score (nSPS) is 15.4. The van der Waals surface area contributed by atoms with Gasteiger partial charge in [0.1, 0.15) is 6.61 Å². The molecule has 0 N–H and O–H groups in total. The van der Waals surface area contributed by atoms with Crippen LogP contribution in [0.2, 0.25) is 0 Å². The van der Waals surface area contributed by atoms with Crippen molar-refractivity contribution in [2.24, 2.45) is 11.3 Å². The number of hydrogen-bond acceptors (Lipinski definition) is 4. The molecule has 4 nitrogen and oxygen atoms in total. The highest BCUT2D eigenvalue weighted by molar-refractivity contribution is 5.76. The standard InChI is InChI=1S/C15H25F3O4/c1-7-13(4,5)12(20)21-9-14(6,15(16,17)18)22-11(19)8-10(2)3/h10H,7-9H2,1-6H3. The van der Waals surface area contributed by atoms with Crippen molar-refractivity contribution in [1.29, 1.82) is 0 Å². The number of rotatable bonds is 7. The summed E-state index contributed by atoms with van der Waals surface area (Å²) in [5.41, 5.74) is -3.74. The zero-order chi connectivity index (χ0) is 17.8. The van der Waals surface area contributed by atoms with Crippen LogP contribution in [0.5, 0.6) is 0 Å². The van der Waals surface area contributed by atoms with Crippen molar-refractivity contribution >= 4 is 11.9 Å². The van der Waals surface area contributed by atoms with E-state index >= 15 is 0 Å². The van der Waals surface area contributed by atoms with Crippen LogP contribution in [0.1, 0.15) is 54.4 Å². The predicted molar refractivity (Wildman–Crippen MR) is 75.0 cm³/mol. The topological polar surface area (TPSA) is 52.6 Å². The van der Waals surface area contributed by atoms with Crippen LogP contribution in [-0.4, -0.2) is 30.3 Å². The van der Waals surface area contributed by atoms with Crippen LogP contribution < -0.4 is 0 Å². The van der Waals surface area contributed by atoms with Gasteiger partial charge in [0.25, 0.3) is 0 Å². The van der Waals surface area contributed by atoms with Gasteiger partial charge in [-0.3, -0.25) is 9.59 Å². The molecule has 0 saturated heterocycles. The van der Waals surface area contributed by atoms with Gasteiger partial charge in [0.2, 0.25) is 5.60 Å². The van der Waals surface area contributed by atoms with E-state index in [0.29, 0.717) is 13.3 Å². The number of alkyl halides is 3. The number of halogens is 3. The highest BCUT2D eigenvalue weighted by atomic mass is 19.4. The van der Waals surface area contributed by atoms with Crippen LogP contribution in [0, 0.1) is 11.3 Å². The van der Waals surface area contributed by atoms with Gasteiger partial charge in [-0.2, -0.15) is 13.2 Å². The lowest BCUT2D eigenvalue weighted by molar-refractivity contribution is -0.276. The molecule has 0 spiro atoms. The molecule has 1 atom stereocenters. The Hall–Kier alpha value is -1.27. The molecule has 1 unspecified atom stereocenters. The van der Waals surface area contributed by atoms with Crippen molar-refractivity contribution < 1.29 is 32.2 Å². The van der Waals surface area contributed by atoms with Gasteiger partial charge < -0.3 is 9.47 Å². The average molecular weight is 326 g/mol. The fourth-order valence-corrected chi connectivity index (χ4v) is 1.34. The van der Waals surface area contributed by atoms with E-state index in [1.54, 1.807) is 34.6 Å². The van der Waals surface area contributed by atoms with Crippen molar-refractivity contribution in [2.45, 2.75) is 66.2 Å². The molecule has 0 fully saturated rings. The second-order valence-corrected chi connectivity index (χ2v) is 6.61. The molecule has 0 aliphatic heterocycles. The molecule has 0 aromatic carbocycles. The van der Waals surface area contributed by atoms with E-state index in [1.165, 1.54) is 0 Å². The van der Waals surface area contributed by atoms with Gasteiger partial charge in [-0.15, -0.1) is 0 Å². The summed E-state index contributed by atoms with van der Waals surface area (Å²) in [6, 6.07) is 0. The van der Waals surface area contributed by atoms with Gasteiger partial charge >= 0.3 is 18.1 Å². The Bertz CT molecular complexity index is 402. The Morgan fingerprint density at radius 1 is 1.09 bits per heavy atom. The lowest BCUT2D eigenvalue weighted by atomic mass is 9.90. The highest BCUT2D eigenvalue weighted by Crippen LogP contribution is 2.35. The van der Waals surface area contributed by atoms with E-state index in [9.17, 15) is 22.8 Å². The number of hydrogen-bond donors (Lipinski definition) is 0. The van der Waals surface area contributed by atoms with Gasteiger partial charge in [-0.05, 0) is 33.1 Å². The van der Waals surface area contributed by atoms with Gasteiger partial charge in [-0.1, -0.05) is 20.8 Å². The quantitative estimate of drug-likeness (QED) is 0.666. The number of carbonyl (C=O) groups is 2. The molecule has 0 aromatic rings. The lowest BCUT2D eigenvalue weighted by Crippen LogP contribution is -2.51. The highest BCUT2D eigenvalue weighted by Gasteiger charge is 2.56. The molecule has 0 rings (SSSR count). The fourth-order valence-electron chi connectivity index (χ4n) is 1.34. The summed E-state index contributed by atoms with van der Waals surface area (Å²) < 4.78 is 48.8. The number of ether oxygens (including phenoxy) is 2. The summed E-state index contributed by atoms with van der Waals surface area (Å²) in [5, 5.41) is 0. The molecule has 130 valence electrons. The first-order valence-corrected chi connectivity index (χ1v) is 7.21. The second kappa shape index (κ2) is 7.33. The Balaban J connectivity index is 5.00. The van der Waals surface area contributed by atoms with Crippen LogP contribution >= 0.6 is 0 Å². The van der Waals surface area contributed by atoms with Crippen molar-refractivity contribution in [3.05, 3.63) is 0 Å². The van der Waals surface area contributed by atoms with Crippen LogP contribution in [-0.2, 0) is 19.1 Å². The van der Waals surface area contributed by atoms with Gasteiger partial charge in [0, 0.05) is 6.42 Å². The van der Waals surface area contributed by atoms with Crippen molar-refractivity contribution in [2.75, 3.05) is 6.61 Å². The van der Waals surface area contributed by atoms with E-state index in [0.717, 1.165) is 0 Å². The molecule has 0 bridgehead atoms. The molecule has 0 aliphatic carbocycles. The lowest BCUT2D eigenvalue weighted by Gasteiger charge is -2.32. The van der Waals surface area contributed by atoms with E-state index in [-0.39, 0.29) is 12.3 Å². The van der Waals surface area contributed by atoms with Gasteiger partial charge in [0.05, 0.1) is 5.41 Å². The smallest absolute Gasteiger partial charge is 0.431 e. The van der Waals surface area contributed by atoms with E-state index in [4.69, 9.17) is 4.74 Å². The first-order chi connectivity index (χ1) is 9.75. The zero-order valence-electron chi connectivity index (χ0n) is 14.0. The third-order valence-electron chi connectivity index (χ3n) is 3.43. The molecule has 22 heavy (non-hydrogen) atoms. The molecule has 0 aliphatic rings. The fraction of sp³-hybridized carbons (Fsp3) is 0.867. The summed E-state index contributed by atoms with van der Waals surface area (Å²) in [6.45, 7) is 7.91. The molecule has 0 radical (unpaired) electrons. The third kappa shape index (κ3) is 5.85. The minimum Gasteiger partial charge on any atom is -0.461 e. The largest absolute Gasteiger partial charge is 0.461 e. The maximum absolute atomic E-state index is 13.2. The molecule has 0 amide bonds. The van der Waals surface area contributed by atoms with E-state index < -0.39 is 35.7 Å². The first-order valence-electron chi connectivity index (χ1n) is 7.21.